The van der Waals surface area contributed by atoms with Crippen LogP contribution in [0.25, 0.3) is 0 Å². The molecule has 7 nitrogen and oxygen atoms in total. The number of nitrogens with zero attached hydrogens (tertiary/aromatic N) is 1. The Labute approximate surface area is 174 Å². The number of rotatable bonds is 7. The Bertz CT molecular complexity index is 1000. The van der Waals surface area contributed by atoms with Gasteiger partial charge in [-0.15, -0.1) is 0 Å². The van der Waals surface area contributed by atoms with Crippen LogP contribution in [0, 0.1) is 0 Å². The van der Waals surface area contributed by atoms with E-state index in [1.165, 1.54) is 6.21 Å². The molecule has 0 atom stereocenters. The Morgan fingerprint density at radius 3 is 2.13 bits per heavy atom. The summed E-state index contributed by atoms with van der Waals surface area (Å²) in [7, 11) is 0. The molecule has 0 aliphatic carbocycles. The lowest BCUT2D eigenvalue weighted by molar-refractivity contribution is -0.136. The largest absolute Gasteiger partial charge is 0.494 e. The summed E-state index contributed by atoms with van der Waals surface area (Å²) in [5.74, 6) is 0.373. The molecule has 0 aliphatic heterocycles. The lowest BCUT2D eigenvalue weighted by Gasteiger charge is -2.07. The molecule has 0 heterocycles. The summed E-state index contributed by atoms with van der Waals surface area (Å²) in [5.41, 5.74) is 3.42. The van der Waals surface area contributed by atoms with Crippen LogP contribution < -0.4 is 20.2 Å². The van der Waals surface area contributed by atoms with Crippen molar-refractivity contribution in [3.63, 3.8) is 0 Å². The monoisotopic (exact) mass is 403 g/mol. The third-order valence-electron chi connectivity index (χ3n) is 3.87. The summed E-state index contributed by atoms with van der Waals surface area (Å²) in [5, 5.41) is 6.30. The molecular formula is C23H21N3O4. The predicted molar refractivity (Wildman–Crippen MR) is 115 cm³/mol. The highest BCUT2D eigenvalue weighted by atomic mass is 16.5. The van der Waals surface area contributed by atoms with Gasteiger partial charge in [0, 0.05) is 5.69 Å². The summed E-state index contributed by atoms with van der Waals surface area (Å²) >= 11 is 0. The van der Waals surface area contributed by atoms with E-state index in [2.05, 4.69) is 15.8 Å². The first-order valence-corrected chi connectivity index (χ1v) is 9.34. The van der Waals surface area contributed by atoms with Crippen LogP contribution in [0.15, 0.2) is 84.0 Å². The van der Waals surface area contributed by atoms with Gasteiger partial charge in [0.25, 0.3) is 0 Å². The van der Waals surface area contributed by atoms with E-state index in [0.717, 1.165) is 11.3 Å². The minimum Gasteiger partial charge on any atom is -0.494 e. The molecule has 0 spiro atoms. The van der Waals surface area contributed by atoms with Crippen LogP contribution in [0.4, 0.5) is 5.69 Å². The summed E-state index contributed by atoms with van der Waals surface area (Å²) in [6, 6.07) is 23.2. The zero-order chi connectivity index (χ0) is 21.2. The van der Waals surface area contributed by atoms with Crippen molar-refractivity contribution in [3.8, 4) is 17.2 Å². The number of anilines is 1. The molecule has 0 aliphatic rings. The number of amides is 2. The van der Waals surface area contributed by atoms with E-state index >= 15 is 0 Å². The number of hydrogen-bond donors (Lipinski definition) is 2. The van der Waals surface area contributed by atoms with Crippen LogP contribution >= 0.6 is 0 Å². The Morgan fingerprint density at radius 1 is 0.833 bits per heavy atom. The van der Waals surface area contributed by atoms with Gasteiger partial charge in [-0.3, -0.25) is 9.59 Å². The molecule has 0 fully saturated rings. The molecule has 0 saturated heterocycles. The number of carbonyl (C=O) groups excluding carboxylic acids is 2. The molecule has 0 bridgehead atoms. The third-order valence-corrected chi connectivity index (χ3v) is 3.87. The highest BCUT2D eigenvalue weighted by Crippen LogP contribution is 2.22. The number of benzene rings is 3. The van der Waals surface area contributed by atoms with E-state index in [0.29, 0.717) is 23.8 Å². The minimum absolute atomic E-state index is 0.464. The second-order valence-corrected chi connectivity index (χ2v) is 6.09. The minimum atomic E-state index is -0.873. The quantitative estimate of drug-likeness (QED) is 0.355. The Balaban J connectivity index is 1.48. The Morgan fingerprint density at radius 2 is 1.47 bits per heavy atom. The zero-order valence-corrected chi connectivity index (χ0v) is 16.4. The molecule has 2 N–H and O–H groups in total. The highest BCUT2D eigenvalue weighted by molar-refractivity contribution is 6.39. The van der Waals surface area contributed by atoms with E-state index in [4.69, 9.17) is 9.47 Å². The predicted octanol–water partition coefficient (Wildman–Crippen LogP) is 3.97. The maximum atomic E-state index is 12.0. The summed E-state index contributed by atoms with van der Waals surface area (Å²) in [6.07, 6.45) is 1.44. The second kappa shape index (κ2) is 10.4. The summed E-state index contributed by atoms with van der Waals surface area (Å²) in [4.78, 5) is 23.9. The second-order valence-electron chi connectivity index (χ2n) is 6.09. The maximum absolute atomic E-state index is 12.0. The van der Waals surface area contributed by atoms with Crippen molar-refractivity contribution in [1.29, 1.82) is 0 Å². The van der Waals surface area contributed by atoms with Crippen molar-refractivity contribution in [2.45, 2.75) is 6.92 Å². The number of carbonyl (C=O) groups is 2. The average molecular weight is 403 g/mol. The van der Waals surface area contributed by atoms with Gasteiger partial charge in [0.2, 0.25) is 0 Å². The first-order valence-electron chi connectivity index (χ1n) is 9.34. The molecule has 3 aromatic carbocycles. The van der Waals surface area contributed by atoms with Gasteiger partial charge in [-0.05, 0) is 73.2 Å². The van der Waals surface area contributed by atoms with Gasteiger partial charge < -0.3 is 14.8 Å². The molecule has 30 heavy (non-hydrogen) atoms. The van der Waals surface area contributed by atoms with E-state index < -0.39 is 11.8 Å². The molecule has 0 unspecified atom stereocenters. The Hall–Kier alpha value is -4.13. The zero-order valence-electron chi connectivity index (χ0n) is 16.4. The maximum Gasteiger partial charge on any atom is 0.329 e. The normalized spacial score (nSPS) is 10.4. The van der Waals surface area contributed by atoms with Gasteiger partial charge in [-0.2, -0.15) is 5.10 Å². The van der Waals surface area contributed by atoms with Gasteiger partial charge >= 0.3 is 11.8 Å². The number of hydrazone groups is 1. The van der Waals surface area contributed by atoms with Crippen LogP contribution in [0.1, 0.15) is 12.5 Å². The SMILES string of the molecule is CCOc1ccc(/C=N\NC(=O)C(=O)Nc2ccc(Oc3ccccc3)cc2)cc1. The van der Waals surface area contributed by atoms with E-state index in [1.54, 1.807) is 48.5 Å². The van der Waals surface area contributed by atoms with Crippen molar-refractivity contribution in [2.24, 2.45) is 5.10 Å². The van der Waals surface area contributed by atoms with E-state index in [9.17, 15) is 9.59 Å². The number of ether oxygens (including phenoxy) is 2. The van der Waals surface area contributed by atoms with Gasteiger partial charge in [-0.25, -0.2) is 5.43 Å². The van der Waals surface area contributed by atoms with Crippen LogP contribution in [0.3, 0.4) is 0 Å². The topological polar surface area (TPSA) is 89.0 Å². The van der Waals surface area contributed by atoms with Crippen molar-refractivity contribution < 1.29 is 19.1 Å². The molecule has 152 valence electrons. The molecule has 0 saturated carbocycles. The van der Waals surface area contributed by atoms with Crippen molar-refractivity contribution in [2.75, 3.05) is 11.9 Å². The smallest absolute Gasteiger partial charge is 0.329 e. The van der Waals surface area contributed by atoms with Crippen LogP contribution in [-0.2, 0) is 9.59 Å². The number of para-hydroxylation sites is 1. The molecule has 7 heteroatoms. The summed E-state index contributed by atoms with van der Waals surface area (Å²) < 4.78 is 11.0. The fourth-order valence-corrected chi connectivity index (χ4v) is 2.45. The molecule has 3 rings (SSSR count). The lowest BCUT2D eigenvalue weighted by atomic mass is 10.2. The third kappa shape index (κ3) is 6.20. The van der Waals surface area contributed by atoms with Crippen LogP contribution in [0.5, 0.6) is 17.2 Å². The van der Waals surface area contributed by atoms with Crippen LogP contribution in [-0.4, -0.2) is 24.6 Å². The van der Waals surface area contributed by atoms with E-state index in [1.807, 2.05) is 37.3 Å². The van der Waals surface area contributed by atoms with Crippen molar-refractivity contribution in [1.82, 2.24) is 5.43 Å². The highest BCUT2D eigenvalue weighted by Gasteiger charge is 2.12. The Kier molecular flexibility index (Phi) is 7.16. The van der Waals surface area contributed by atoms with Gasteiger partial charge in [0.1, 0.15) is 17.2 Å². The van der Waals surface area contributed by atoms with Crippen LogP contribution in [0.2, 0.25) is 0 Å². The molecule has 0 radical (unpaired) electrons. The van der Waals surface area contributed by atoms with Gasteiger partial charge in [0.05, 0.1) is 12.8 Å². The molecule has 2 amide bonds. The fraction of sp³-hybridized carbons (Fsp3) is 0.0870. The first-order chi connectivity index (χ1) is 14.6. The van der Waals surface area contributed by atoms with Crippen molar-refractivity contribution in [3.05, 3.63) is 84.4 Å². The van der Waals surface area contributed by atoms with Gasteiger partial charge in [-0.1, -0.05) is 18.2 Å². The lowest BCUT2D eigenvalue weighted by Crippen LogP contribution is -2.32. The van der Waals surface area contributed by atoms with Crippen molar-refractivity contribution >= 4 is 23.7 Å². The first kappa shape index (κ1) is 20.6. The standard InChI is InChI=1S/C23H21N3O4/c1-2-29-19-12-8-17(9-13-19)16-24-26-23(28)22(27)25-18-10-14-21(15-11-18)30-20-6-4-3-5-7-20/h3-16H,2H2,1H3,(H,25,27)(H,26,28)/b24-16-. The number of nitrogens with one attached hydrogen (secondary N) is 2. The fourth-order valence-electron chi connectivity index (χ4n) is 2.45. The summed E-state index contributed by atoms with van der Waals surface area (Å²) in [6.45, 7) is 2.49. The molecule has 3 aromatic rings. The molecule has 0 aromatic heterocycles. The van der Waals surface area contributed by atoms with E-state index in [-0.39, 0.29) is 0 Å². The van der Waals surface area contributed by atoms with Gasteiger partial charge in [0.15, 0.2) is 0 Å². The molecular weight excluding hydrogens is 382 g/mol. The number of hydrogen-bond acceptors (Lipinski definition) is 5. The average Bonchev–Trinajstić information content (AvgIpc) is 2.77.